The van der Waals surface area contributed by atoms with Gasteiger partial charge in [-0.2, -0.15) is 11.3 Å². The zero-order valence-corrected chi connectivity index (χ0v) is 16.4. The van der Waals surface area contributed by atoms with Crippen LogP contribution in [0.2, 0.25) is 0 Å². The second-order valence-electron chi connectivity index (χ2n) is 6.79. The molecule has 5 nitrogen and oxygen atoms in total. The quantitative estimate of drug-likeness (QED) is 0.571. The summed E-state index contributed by atoms with van der Waals surface area (Å²) in [5.41, 5.74) is 2.50. The van der Waals surface area contributed by atoms with Gasteiger partial charge in [0.1, 0.15) is 6.10 Å². The normalized spacial score (nSPS) is 16.5. The third kappa shape index (κ3) is 5.46. The van der Waals surface area contributed by atoms with Crippen LogP contribution in [0.3, 0.4) is 0 Å². The van der Waals surface area contributed by atoms with Crippen LogP contribution in [0.1, 0.15) is 49.7 Å². The molecule has 1 saturated carbocycles. The molecule has 140 valence electrons. The summed E-state index contributed by atoms with van der Waals surface area (Å²) in [4.78, 5) is 8.66. The summed E-state index contributed by atoms with van der Waals surface area (Å²) in [6, 6.07) is 6.21. The number of ether oxygens (including phenoxy) is 1. The number of hydrogen-bond acceptors (Lipinski definition) is 4. The largest absolute Gasteiger partial charge is 0.474 e. The van der Waals surface area contributed by atoms with Crippen LogP contribution >= 0.6 is 11.3 Å². The highest BCUT2D eigenvalue weighted by Crippen LogP contribution is 2.23. The SMILES string of the molecule is CN=C(NCc1ccnc(OC2CCCC2)c1)NCC(C)c1ccsc1. The predicted molar refractivity (Wildman–Crippen MR) is 108 cm³/mol. The molecule has 0 saturated heterocycles. The lowest BCUT2D eigenvalue weighted by Gasteiger charge is -2.16. The molecule has 6 heteroatoms. The van der Waals surface area contributed by atoms with Crippen LogP contribution in [0.25, 0.3) is 0 Å². The van der Waals surface area contributed by atoms with E-state index in [0.717, 1.165) is 36.8 Å². The number of rotatable bonds is 7. The van der Waals surface area contributed by atoms with Crippen LogP contribution in [0, 0.1) is 0 Å². The maximum absolute atomic E-state index is 5.99. The van der Waals surface area contributed by atoms with Crippen molar-refractivity contribution in [2.24, 2.45) is 4.99 Å². The molecule has 2 N–H and O–H groups in total. The summed E-state index contributed by atoms with van der Waals surface area (Å²) in [5.74, 6) is 1.99. The molecule has 0 amide bonds. The van der Waals surface area contributed by atoms with Gasteiger partial charge in [-0.1, -0.05) is 6.92 Å². The van der Waals surface area contributed by atoms with Crippen LogP contribution in [0.15, 0.2) is 40.1 Å². The first-order chi connectivity index (χ1) is 12.7. The molecule has 0 spiro atoms. The molecule has 0 radical (unpaired) electrons. The summed E-state index contributed by atoms with van der Waals surface area (Å²) in [6.07, 6.45) is 6.95. The molecule has 1 aliphatic rings. The molecule has 1 atom stereocenters. The van der Waals surface area contributed by atoms with Crippen molar-refractivity contribution in [1.29, 1.82) is 0 Å². The molecule has 0 bridgehead atoms. The van der Waals surface area contributed by atoms with Gasteiger partial charge in [0.2, 0.25) is 5.88 Å². The lowest BCUT2D eigenvalue weighted by molar-refractivity contribution is 0.201. The Morgan fingerprint density at radius 1 is 1.35 bits per heavy atom. The predicted octanol–water partition coefficient (Wildman–Crippen LogP) is 3.93. The Labute approximate surface area is 159 Å². The van der Waals surface area contributed by atoms with Crippen molar-refractivity contribution >= 4 is 17.3 Å². The smallest absolute Gasteiger partial charge is 0.213 e. The highest BCUT2D eigenvalue weighted by molar-refractivity contribution is 7.07. The van der Waals surface area contributed by atoms with Gasteiger partial charge in [0, 0.05) is 32.4 Å². The third-order valence-electron chi connectivity index (χ3n) is 4.76. The molecule has 1 fully saturated rings. The molecular weight excluding hydrogens is 344 g/mol. The number of hydrogen-bond donors (Lipinski definition) is 2. The highest BCUT2D eigenvalue weighted by atomic mass is 32.1. The van der Waals surface area contributed by atoms with Crippen molar-refractivity contribution in [2.75, 3.05) is 13.6 Å². The second kappa shape index (κ2) is 9.57. The van der Waals surface area contributed by atoms with Gasteiger partial charge in [-0.25, -0.2) is 4.98 Å². The fourth-order valence-electron chi connectivity index (χ4n) is 3.13. The summed E-state index contributed by atoms with van der Waals surface area (Å²) in [5, 5.41) is 11.1. The summed E-state index contributed by atoms with van der Waals surface area (Å²) < 4.78 is 5.99. The topological polar surface area (TPSA) is 58.5 Å². The van der Waals surface area contributed by atoms with Crippen molar-refractivity contribution in [1.82, 2.24) is 15.6 Å². The Bertz CT molecular complexity index is 696. The molecule has 1 aliphatic carbocycles. The molecule has 2 aromatic heterocycles. The average Bonchev–Trinajstić information content (AvgIpc) is 3.36. The first-order valence-corrected chi connectivity index (χ1v) is 10.3. The van der Waals surface area contributed by atoms with Crippen LogP contribution in [-0.2, 0) is 6.54 Å². The standard InChI is InChI=1S/C20H28N4OS/c1-15(17-8-10-26-14-17)12-23-20(21-2)24-13-16-7-9-22-19(11-16)25-18-5-3-4-6-18/h7-11,14-15,18H,3-6,12-13H2,1-2H3,(H2,21,23,24). The average molecular weight is 373 g/mol. The van der Waals surface area contributed by atoms with Crippen molar-refractivity contribution in [3.8, 4) is 5.88 Å². The number of thiophene rings is 1. The van der Waals surface area contributed by atoms with Crippen molar-refractivity contribution in [2.45, 2.75) is 51.2 Å². The van der Waals surface area contributed by atoms with Crippen molar-refractivity contribution in [3.63, 3.8) is 0 Å². The zero-order chi connectivity index (χ0) is 18.2. The van der Waals surface area contributed by atoms with Crippen molar-refractivity contribution < 1.29 is 4.74 Å². The minimum absolute atomic E-state index is 0.332. The van der Waals surface area contributed by atoms with Crippen LogP contribution in [0.4, 0.5) is 0 Å². The van der Waals surface area contributed by atoms with Gasteiger partial charge in [0.15, 0.2) is 5.96 Å². The molecule has 2 heterocycles. The van der Waals surface area contributed by atoms with Gasteiger partial charge in [-0.3, -0.25) is 4.99 Å². The molecule has 26 heavy (non-hydrogen) atoms. The Balaban J connectivity index is 1.47. The summed E-state index contributed by atoms with van der Waals surface area (Å²) in [7, 11) is 1.80. The van der Waals surface area contributed by atoms with E-state index in [1.807, 2.05) is 18.3 Å². The van der Waals surface area contributed by atoms with Gasteiger partial charge in [-0.15, -0.1) is 0 Å². The van der Waals surface area contributed by atoms with Gasteiger partial charge in [0.05, 0.1) is 0 Å². The Morgan fingerprint density at radius 3 is 2.92 bits per heavy atom. The molecule has 0 aromatic carbocycles. The van der Waals surface area contributed by atoms with Crippen molar-refractivity contribution in [3.05, 3.63) is 46.3 Å². The first kappa shape index (κ1) is 18.7. The van der Waals surface area contributed by atoms with E-state index in [1.54, 1.807) is 18.4 Å². The Hall–Kier alpha value is -2.08. The zero-order valence-electron chi connectivity index (χ0n) is 15.6. The van der Waals surface area contributed by atoms with Gasteiger partial charge in [0.25, 0.3) is 0 Å². The minimum Gasteiger partial charge on any atom is -0.474 e. The van der Waals surface area contributed by atoms with Crippen LogP contribution in [-0.4, -0.2) is 30.6 Å². The minimum atomic E-state index is 0.332. The molecule has 0 aliphatic heterocycles. The van der Waals surface area contributed by atoms with E-state index in [0.29, 0.717) is 18.6 Å². The highest BCUT2D eigenvalue weighted by Gasteiger charge is 2.17. The first-order valence-electron chi connectivity index (χ1n) is 9.33. The maximum atomic E-state index is 5.99. The number of pyridine rings is 1. The maximum Gasteiger partial charge on any atom is 0.213 e. The number of aliphatic imine (C=N–C) groups is 1. The third-order valence-corrected chi connectivity index (χ3v) is 5.46. The number of aromatic nitrogens is 1. The van der Waals surface area contributed by atoms with E-state index >= 15 is 0 Å². The number of nitrogens with zero attached hydrogens (tertiary/aromatic N) is 2. The molecule has 1 unspecified atom stereocenters. The molecular formula is C20H28N4OS. The van der Waals surface area contributed by atoms with Gasteiger partial charge in [-0.05, 0) is 65.6 Å². The summed E-state index contributed by atoms with van der Waals surface area (Å²) in [6.45, 7) is 3.76. The van der Waals surface area contributed by atoms with Gasteiger partial charge >= 0.3 is 0 Å². The fraction of sp³-hybridized carbons (Fsp3) is 0.500. The monoisotopic (exact) mass is 372 g/mol. The van der Waals surface area contributed by atoms with E-state index in [9.17, 15) is 0 Å². The fourth-order valence-corrected chi connectivity index (χ4v) is 3.91. The molecule has 3 rings (SSSR count). The summed E-state index contributed by atoms with van der Waals surface area (Å²) >= 11 is 1.74. The second-order valence-corrected chi connectivity index (χ2v) is 7.57. The Morgan fingerprint density at radius 2 is 2.19 bits per heavy atom. The van der Waals surface area contributed by atoms with E-state index in [1.165, 1.54) is 18.4 Å². The number of nitrogens with one attached hydrogen (secondary N) is 2. The van der Waals surface area contributed by atoms with Gasteiger partial charge < -0.3 is 15.4 Å². The van der Waals surface area contributed by atoms with E-state index in [-0.39, 0.29) is 0 Å². The van der Waals surface area contributed by atoms with E-state index < -0.39 is 0 Å². The van der Waals surface area contributed by atoms with Crippen LogP contribution in [0.5, 0.6) is 5.88 Å². The van der Waals surface area contributed by atoms with E-state index in [2.05, 4.69) is 44.4 Å². The lowest BCUT2D eigenvalue weighted by Crippen LogP contribution is -2.38. The van der Waals surface area contributed by atoms with Crippen LogP contribution < -0.4 is 15.4 Å². The van der Waals surface area contributed by atoms with E-state index in [4.69, 9.17) is 4.74 Å². The number of guanidine groups is 1. The Kier molecular flexibility index (Phi) is 6.89. The lowest BCUT2D eigenvalue weighted by atomic mass is 10.1. The molecule has 2 aromatic rings.